The second-order valence-corrected chi connectivity index (χ2v) is 9.84. The van der Waals surface area contributed by atoms with Gasteiger partial charge in [0, 0.05) is 19.6 Å². The molecule has 3 aromatic carbocycles. The molecule has 1 aliphatic rings. The molecule has 3 aromatic rings. The summed E-state index contributed by atoms with van der Waals surface area (Å²) >= 11 is 12.1. The summed E-state index contributed by atoms with van der Waals surface area (Å²) in [5.74, 6) is 1.37. The molecular weight excluding hydrogens is 495 g/mol. The Morgan fingerprint density at radius 3 is 2.42 bits per heavy atom. The number of rotatable bonds is 10. The van der Waals surface area contributed by atoms with Crippen molar-refractivity contribution in [2.45, 2.75) is 38.0 Å². The number of likely N-dealkylation sites (tertiary alicyclic amines) is 1. The molecule has 1 aliphatic heterocycles. The lowest BCUT2D eigenvalue weighted by molar-refractivity contribution is -0.136. The van der Waals surface area contributed by atoms with E-state index in [1.807, 2.05) is 59.5 Å². The lowest BCUT2D eigenvalue weighted by Crippen LogP contribution is -2.50. The summed E-state index contributed by atoms with van der Waals surface area (Å²) in [5.41, 5.74) is 3.25. The SMILES string of the molecule is COc1ccccc1C1CCN(C(=O)C(COCc2ccc(Cl)c(Cl)c2)NCc2ccccc2)CC1. The van der Waals surface area contributed by atoms with Crippen LogP contribution in [0.4, 0.5) is 0 Å². The van der Waals surface area contributed by atoms with Crippen molar-refractivity contribution in [1.29, 1.82) is 0 Å². The van der Waals surface area contributed by atoms with Crippen LogP contribution in [-0.4, -0.2) is 43.7 Å². The van der Waals surface area contributed by atoms with Crippen LogP contribution in [0, 0.1) is 0 Å². The number of carbonyl (C=O) groups excluding carboxylic acids is 1. The van der Waals surface area contributed by atoms with Crippen molar-refractivity contribution in [3.05, 3.63) is 99.5 Å². The summed E-state index contributed by atoms with van der Waals surface area (Å²) < 4.78 is 11.5. The highest BCUT2D eigenvalue weighted by molar-refractivity contribution is 6.42. The fraction of sp³-hybridized carbons (Fsp3) is 0.345. The number of halogens is 2. The summed E-state index contributed by atoms with van der Waals surface area (Å²) in [6.45, 7) is 2.61. The molecule has 1 N–H and O–H groups in total. The Hall–Kier alpha value is -2.57. The monoisotopic (exact) mass is 526 g/mol. The maximum absolute atomic E-state index is 13.5. The van der Waals surface area contributed by atoms with Gasteiger partial charge in [-0.05, 0) is 53.6 Å². The maximum Gasteiger partial charge on any atom is 0.242 e. The van der Waals surface area contributed by atoms with Gasteiger partial charge < -0.3 is 14.4 Å². The highest BCUT2D eigenvalue weighted by Gasteiger charge is 2.29. The molecular formula is C29H32Cl2N2O3. The molecule has 1 fully saturated rings. The van der Waals surface area contributed by atoms with Gasteiger partial charge in [0.25, 0.3) is 0 Å². The van der Waals surface area contributed by atoms with Crippen LogP contribution in [0.3, 0.4) is 0 Å². The standard InChI is InChI=1S/C29H32Cl2N2O3/c1-35-28-10-6-5-9-24(28)23-13-15-33(16-14-23)29(34)27(32-18-21-7-3-2-4-8-21)20-36-19-22-11-12-25(30)26(31)17-22/h2-12,17,23,27,32H,13-16,18-20H2,1H3. The van der Waals surface area contributed by atoms with Gasteiger partial charge in [-0.1, -0.05) is 77.8 Å². The quantitative estimate of drug-likeness (QED) is 0.347. The topological polar surface area (TPSA) is 50.8 Å². The molecule has 0 bridgehead atoms. The molecule has 0 radical (unpaired) electrons. The van der Waals surface area contributed by atoms with Gasteiger partial charge in [0.1, 0.15) is 11.8 Å². The van der Waals surface area contributed by atoms with Crippen LogP contribution < -0.4 is 10.1 Å². The number of methoxy groups -OCH3 is 1. The van der Waals surface area contributed by atoms with Crippen LogP contribution in [0.5, 0.6) is 5.75 Å². The zero-order valence-electron chi connectivity index (χ0n) is 20.5. The van der Waals surface area contributed by atoms with E-state index in [0.29, 0.717) is 42.2 Å². The molecule has 1 amide bonds. The first kappa shape index (κ1) is 26.5. The number of para-hydroxylation sites is 1. The fourth-order valence-electron chi connectivity index (χ4n) is 4.61. The number of nitrogens with one attached hydrogen (secondary N) is 1. The van der Waals surface area contributed by atoms with E-state index >= 15 is 0 Å². The van der Waals surface area contributed by atoms with Crippen molar-refractivity contribution in [2.24, 2.45) is 0 Å². The third-order valence-corrected chi connectivity index (χ3v) is 7.36. The van der Waals surface area contributed by atoms with Crippen molar-refractivity contribution >= 4 is 29.1 Å². The van der Waals surface area contributed by atoms with Gasteiger partial charge in [0.15, 0.2) is 0 Å². The minimum Gasteiger partial charge on any atom is -0.496 e. The Kier molecular flexibility index (Phi) is 9.65. The Balaban J connectivity index is 1.37. The van der Waals surface area contributed by atoms with E-state index in [2.05, 4.69) is 11.4 Å². The molecule has 0 saturated carbocycles. The lowest BCUT2D eigenvalue weighted by Gasteiger charge is -2.35. The van der Waals surface area contributed by atoms with Crippen LogP contribution >= 0.6 is 23.2 Å². The Morgan fingerprint density at radius 1 is 0.972 bits per heavy atom. The fourth-order valence-corrected chi connectivity index (χ4v) is 4.93. The number of carbonyl (C=O) groups is 1. The largest absolute Gasteiger partial charge is 0.496 e. The molecule has 1 saturated heterocycles. The minimum atomic E-state index is -0.448. The highest BCUT2D eigenvalue weighted by Crippen LogP contribution is 2.34. The van der Waals surface area contributed by atoms with E-state index in [-0.39, 0.29) is 12.5 Å². The number of benzene rings is 3. The first-order valence-electron chi connectivity index (χ1n) is 12.3. The van der Waals surface area contributed by atoms with Crippen LogP contribution in [0.2, 0.25) is 10.0 Å². The lowest BCUT2D eigenvalue weighted by atomic mass is 9.88. The second kappa shape index (κ2) is 13.1. The summed E-state index contributed by atoms with van der Waals surface area (Å²) in [5, 5.41) is 4.42. The number of piperidine rings is 1. The van der Waals surface area contributed by atoms with Crippen LogP contribution in [0.1, 0.15) is 35.4 Å². The zero-order chi connectivity index (χ0) is 25.3. The second-order valence-electron chi connectivity index (χ2n) is 9.02. The first-order chi connectivity index (χ1) is 17.5. The van der Waals surface area contributed by atoms with E-state index in [9.17, 15) is 4.79 Å². The number of nitrogens with zero attached hydrogens (tertiary/aromatic N) is 1. The van der Waals surface area contributed by atoms with Crippen molar-refractivity contribution in [1.82, 2.24) is 10.2 Å². The number of hydrogen-bond donors (Lipinski definition) is 1. The van der Waals surface area contributed by atoms with Gasteiger partial charge in [-0.3, -0.25) is 10.1 Å². The molecule has 5 nitrogen and oxygen atoms in total. The van der Waals surface area contributed by atoms with E-state index in [0.717, 1.165) is 29.7 Å². The van der Waals surface area contributed by atoms with Gasteiger partial charge in [-0.15, -0.1) is 0 Å². The third-order valence-electron chi connectivity index (χ3n) is 6.62. The van der Waals surface area contributed by atoms with Crippen molar-refractivity contribution < 1.29 is 14.3 Å². The average Bonchev–Trinajstić information content (AvgIpc) is 2.92. The molecule has 7 heteroatoms. The van der Waals surface area contributed by atoms with Gasteiger partial charge in [0.05, 0.1) is 30.4 Å². The Morgan fingerprint density at radius 2 is 1.69 bits per heavy atom. The Bertz CT molecular complexity index is 1130. The van der Waals surface area contributed by atoms with E-state index in [1.165, 1.54) is 5.56 Å². The molecule has 0 aliphatic carbocycles. The van der Waals surface area contributed by atoms with Crippen LogP contribution in [-0.2, 0) is 22.7 Å². The number of hydrogen-bond acceptors (Lipinski definition) is 4. The summed E-state index contributed by atoms with van der Waals surface area (Å²) in [4.78, 5) is 15.5. The van der Waals surface area contributed by atoms with E-state index in [1.54, 1.807) is 19.2 Å². The summed E-state index contributed by atoms with van der Waals surface area (Å²) in [7, 11) is 1.71. The van der Waals surface area contributed by atoms with Crippen LogP contribution in [0.25, 0.3) is 0 Å². The average molecular weight is 527 g/mol. The molecule has 1 atom stereocenters. The van der Waals surface area contributed by atoms with Gasteiger partial charge >= 0.3 is 0 Å². The molecule has 1 unspecified atom stereocenters. The maximum atomic E-state index is 13.5. The van der Waals surface area contributed by atoms with Crippen molar-refractivity contribution in [3.63, 3.8) is 0 Å². The molecule has 0 spiro atoms. The first-order valence-corrected chi connectivity index (χ1v) is 13.0. The molecule has 190 valence electrons. The smallest absolute Gasteiger partial charge is 0.242 e. The van der Waals surface area contributed by atoms with E-state index in [4.69, 9.17) is 32.7 Å². The Labute approximate surface area is 223 Å². The third kappa shape index (κ3) is 7.01. The zero-order valence-corrected chi connectivity index (χ0v) is 22.0. The van der Waals surface area contributed by atoms with E-state index < -0.39 is 6.04 Å². The number of amides is 1. The predicted octanol–water partition coefficient (Wildman–Crippen LogP) is 6.08. The van der Waals surface area contributed by atoms with Gasteiger partial charge in [-0.25, -0.2) is 0 Å². The van der Waals surface area contributed by atoms with Gasteiger partial charge in [-0.2, -0.15) is 0 Å². The van der Waals surface area contributed by atoms with Crippen molar-refractivity contribution in [3.8, 4) is 5.75 Å². The van der Waals surface area contributed by atoms with Crippen molar-refractivity contribution in [2.75, 3.05) is 26.8 Å². The summed E-state index contributed by atoms with van der Waals surface area (Å²) in [6, 6.07) is 23.2. The molecule has 0 aromatic heterocycles. The normalized spacial score (nSPS) is 15.0. The highest BCUT2D eigenvalue weighted by atomic mass is 35.5. The number of ether oxygens (including phenoxy) is 2. The van der Waals surface area contributed by atoms with Crippen LogP contribution in [0.15, 0.2) is 72.8 Å². The van der Waals surface area contributed by atoms with Gasteiger partial charge in [0.2, 0.25) is 5.91 Å². The predicted molar refractivity (Wildman–Crippen MR) is 145 cm³/mol. The molecule has 1 heterocycles. The minimum absolute atomic E-state index is 0.0681. The molecule has 36 heavy (non-hydrogen) atoms. The summed E-state index contributed by atoms with van der Waals surface area (Å²) in [6.07, 6.45) is 1.81. The molecule has 4 rings (SSSR count).